The first-order valence-electron chi connectivity index (χ1n) is 4.36. The Kier molecular flexibility index (Phi) is 2.56. The van der Waals surface area contributed by atoms with Crippen molar-refractivity contribution in [2.75, 3.05) is 6.61 Å². The third-order valence-corrected chi connectivity index (χ3v) is 2.67. The monoisotopic (exact) mass is 242 g/mol. The van der Waals surface area contributed by atoms with E-state index in [2.05, 4.69) is 22.0 Å². The summed E-state index contributed by atoms with van der Waals surface area (Å²) in [6.45, 7) is 0.809. The average Bonchev–Trinajstić information content (AvgIpc) is 2.16. The van der Waals surface area contributed by atoms with Crippen molar-refractivity contribution in [3.05, 3.63) is 27.7 Å². The van der Waals surface area contributed by atoms with Gasteiger partial charge in [0.25, 0.3) is 0 Å². The maximum Gasteiger partial charge on any atom is 0.128 e. The first-order valence-corrected chi connectivity index (χ1v) is 5.15. The molecule has 0 aromatic heterocycles. The van der Waals surface area contributed by atoms with Crippen LogP contribution in [0, 0.1) is 0 Å². The number of benzene rings is 1. The summed E-state index contributed by atoms with van der Waals surface area (Å²) >= 11 is 3.42. The summed E-state index contributed by atoms with van der Waals surface area (Å²) in [6.07, 6.45) is 2.11. The van der Waals surface area contributed by atoms with Crippen LogP contribution in [-0.4, -0.2) is 11.7 Å². The predicted molar refractivity (Wildman–Crippen MR) is 53.9 cm³/mol. The lowest BCUT2D eigenvalue weighted by Crippen LogP contribution is -2.10. The fraction of sp³-hybridized carbons (Fsp3) is 0.400. The van der Waals surface area contributed by atoms with Gasteiger partial charge in [0.05, 0.1) is 13.2 Å². The Bertz CT molecular complexity index is 306. The van der Waals surface area contributed by atoms with Crippen molar-refractivity contribution in [1.82, 2.24) is 0 Å². The van der Waals surface area contributed by atoms with E-state index in [1.54, 1.807) is 0 Å². The Morgan fingerprint density at radius 2 is 2.31 bits per heavy atom. The van der Waals surface area contributed by atoms with Crippen molar-refractivity contribution in [1.29, 1.82) is 0 Å². The summed E-state index contributed by atoms with van der Waals surface area (Å²) in [6, 6.07) is 3.97. The molecule has 1 heterocycles. The highest BCUT2D eigenvalue weighted by atomic mass is 79.9. The molecule has 1 aliphatic heterocycles. The normalized spacial score (nSPS) is 14.9. The van der Waals surface area contributed by atoms with Gasteiger partial charge in [-0.05, 0) is 30.5 Å². The molecule has 0 unspecified atom stereocenters. The minimum absolute atomic E-state index is 0.0434. The molecule has 13 heavy (non-hydrogen) atoms. The lowest BCUT2D eigenvalue weighted by atomic mass is 10.0. The van der Waals surface area contributed by atoms with Crippen LogP contribution in [0.2, 0.25) is 0 Å². The highest BCUT2D eigenvalue weighted by Crippen LogP contribution is 2.32. The Labute approximate surface area is 85.7 Å². The van der Waals surface area contributed by atoms with E-state index in [1.807, 2.05) is 6.07 Å². The van der Waals surface area contributed by atoms with Gasteiger partial charge in [-0.25, -0.2) is 0 Å². The molecule has 1 aromatic carbocycles. The van der Waals surface area contributed by atoms with Gasteiger partial charge >= 0.3 is 0 Å². The highest BCUT2D eigenvalue weighted by molar-refractivity contribution is 9.10. The van der Waals surface area contributed by atoms with Crippen molar-refractivity contribution >= 4 is 15.9 Å². The van der Waals surface area contributed by atoms with E-state index < -0.39 is 0 Å². The van der Waals surface area contributed by atoms with Crippen molar-refractivity contribution < 1.29 is 9.84 Å². The molecule has 0 saturated heterocycles. The van der Waals surface area contributed by atoms with Crippen molar-refractivity contribution in [3.63, 3.8) is 0 Å². The van der Waals surface area contributed by atoms with Gasteiger partial charge in [0.2, 0.25) is 0 Å². The van der Waals surface area contributed by atoms with Crippen LogP contribution in [0.5, 0.6) is 5.75 Å². The Morgan fingerprint density at radius 3 is 3.08 bits per heavy atom. The van der Waals surface area contributed by atoms with Crippen molar-refractivity contribution in [2.45, 2.75) is 19.4 Å². The third kappa shape index (κ3) is 1.71. The molecule has 0 aliphatic carbocycles. The van der Waals surface area contributed by atoms with Crippen LogP contribution in [0.1, 0.15) is 17.5 Å². The van der Waals surface area contributed by atoms with Crippen LogP contribution in [-0.2, 0) is 13.0 Å². The molecule has 0 saturated carbocycles. The maximum absolute atomic E-state index is 9.12. The van der Waals surface area contributed by atoms with Gasteiger partial charge < -0.3 is 9.84 Å². The number of aliphatic hydroxyl groups excluding tert-OH is 1. The van der Waals surface area contributed by atoms with E-state index in [4.69, 9.17) is 9.84 Å². The molecule has 0 atom stereocenters. The molecule has 1 aliphatic rings. The van der Waals surface area contributed by atoms with Gasteiger partial charge in [0, 0.05) is 10.0 Å². The average molecular weight is 243 g/mol. The van der Waals surface area contributed by atoms with Crippen LogP contribution < -0.4 is 4.74 Å². The van der Waals surface area contributed by atoms with Gasteiger partial charge in [-0.2, -0.15) is 0 Å². The third-order valence-electron chi connectivity index (χ3n) is 2.21. The van der Waals surface area contributed by atoms with Crippen molar-refractivity contribution in [2.24, 2.45) is 0 Å². The Balaban J connectivity index is 2.50. The van der Waals surface area contributed by atoms with E-state index in [9.17, 15) is 0 Å². The number of rotatable bonds is 1. The number of halogens is 1. The summed E-state index contributed by atoms with van der Waals surface area (Å²) in [5.74, 6) is 0.886. The summed E-state index contributed by atoms with van der Waals surface area (Å²) in [5, 5.41) is 9.12. The number of ether oxygens (including phenoxy) is 1. The Hall–Kier alpha value is -0.540. The highest BCUT2D eigenvalue weighted by Gasteiger charge is 2.14. The molecule has 70 valence electrons. The summed E-state index contributed by atoms with van der Waals surface area (Å²) < 4.78 is 6.53. The fourth-order valence-electron chi connectivity index (χ4n) is 1.64. The molecule has 0 fully saturated rings. The topological polar surface area (TPSA) is 29.5 Å². The molecule has 2 rings (SSSR count). The summed E-state index contributed by atoms with van der Waals surface area (Å²) in [4.78, 5) is 0. The van der Waals surface area contributed by atoms with Gasteiger partial charge in [-0.3, -0.25) is 0 Å². The minimum Gasteiger partial charge on any atom is -0.493 e. The van der Waals surface area contributed by atoms with Crippen LogP contribution in [0.4, 0.5) is 0 Å². The fourth-order valence-corrected chi connectivity index (χ4v) is 2.19. The first-order chi connectivity index (χ1) is 6.31. The minimum atomic E-state index is 0.0434. The number of hydrogen-bond donors (Lipinski definition) is 1. The van der Waals surface area contributed by atoms with E-state index >= 15 is 0 Å². The van der Waals surface area contributed by atoms with E-state index in [1.165, 1.54) is 5.56 Å². The summed E-state index contributed by atoms with van der Waals surface area (Å²) in [7, 11) is 0. The first kappa shape index (κ1) is 9.03. The molecule has 0 amide bonds. The molecule has 0 bridgehead atoms. The number of aryl methyl sites for hydroxylation is 1. The molecular weight excluding hydrogens is 232 g/mol. The lowest BCUT2D eigenvalue weighted by molar-refractivity contribution is 0.251. The second kappa shape index (κ2) is 3.68. The lowest BCUT2D eigenvalue weighted by Gasteiger charge is -2.20. The second-order valence-electron chi connectivity index (χ2n) is 3.16. The zero-order valence-corrected chi connectivity index (χ0v) is 8.80. The maximum atomic E-state index is 9.12. The number of aliphatic hydroxyl groups is 1. The molecule has 1 aromatic rings. The molecule has 3 heteroatoms. The van der Waals surface area contributed by atoms with E-state index in [-0.39, 0.29) is 6.61 Å². The SMILES string of the molecule is OCc1cc(Br)cc2c1OCCC2. The van der Waals surface area contributed by atoms with E-state index in [0.29, 0.717) is 0 Å². The predicted octanol–water partition coefficient (Wildman–Crippen LogP) is 2.27. The Morgan fingerprint density at radius 1 is 1.46 bits per heavy atom. The largest absolute Gasteiger partial charge is 0.493 e. The molecule has 1 N–H and O–H groups in total. The van der Waals surface area contributed by atoms with Gasteiger partial charge in [-0.15, -0.1) is 0 Å². The summed E-state index contributed by atoms with van der Waals surface area (Å²) in [5.41, 5.74) is 2.08. The molecule has 2 nitrogen and oxygen atoms in total. The molecule has 0 spiro atoms. The zero-order valence-electron chi connectivity index (χ0n) is 7.22. The van der Waals surface area contributed by atoms with Crippen LogP contribution >= 0.6 is 15.9 Å². The number of hydrogen-bond acceptors (Lipinski definition) is 2. The van der Waals surface area contributed by atoms with Crippen LogP contribution in [0.25, 0.3) is 0 Å². The van der Waals surface area contributed by atoms with Gasteiger partial charge in [-0.1, -0.05) is 15.9 Å². The van der Waals surface area contributed by atoms with E-state index in [0.717, 1.165) is 35.2 Å². The van der Waals surface area contributed by atoms with Gasteiger partial charge in [0.1, 0.15) is 5.75 Å². The smallest absolute Gasteiger partial charge is 0.128 e. The van der Waals surface area contributed by atoms with Crippen LogP contribution in [0.3, 0.4) is 0 Å². The van der Waals surface area contributed by atoms with Crippen LogP contribution in [0.15, 0.2) is 16.6 Å². The molecular formula is C10H11BrO2. The number of fused-ring (bicyclic) bond motifs is 1. The zero-order chi connectivity index (χ0) is 9.26. The quantitative estimate of drug-likeness (QED) is 0.819. The van der Waals surface area contributed by atoms with Gasteiger partial charge in [0.15, 0.2) is 0 Å². The standard InChI is InChI=1S/C10H11BrO2/c11-9-4-7-2-1-3-13-10(7)8(5-9)6-12/h4-5,12H,1-3,6H2. The second-order valence-corrected chi connectivity index (χ2v) is 4.08. The van der Waals surface area contributed by atoms with Crippen molar-refractivity contribution in [3.8, 4) is 5.75 Å². The molecule has 0 radical (unpaired) electrons.